The number of thioether (sulfide) groups is 1. The Morgan fingerprint density at radius 3 is 2.55 bits per heavy atom. The average Bonchev–Trinajstić information content (AvgIpc) is 3.50. The fourth-order valence-electron chi connectivity index (χ4n) is 4.98. The number of pyridine rings is 1. The Kier molecular flexibility index (Phi) is 6.68. The van der Waals surface area contributed by atoms with Gasteiger partial charge >= 0.3 is 0 Å². The largest absolute Gasteiger partial charge is 0.497 e. The third-order valence-electron chi connectivity index (χ3n) is 7.04. The second-order valence-electron chi connectivity index (χ2n) is 9.29. The Hall–Kier alpha value is -3.25. The SMILES string of the molecule is COc1ccc(CN2C(=O)C(=Cc3c(N4CCC5(CC4)OCCO5)nc4ccccn4c3=O)SC2=S)cc1. The lowest BCUT2D eigenvalue weighted by Crippen LogP contribution is -2.46. The molecule has 196 valence electrons. The molecule has 3 fully saturated rings. The number of aromatic nitrogens is 2. The molecule has 0 aliphatic carbocycles. The van der Waals surface area contributed by atoms with Crippen LogP contribution < -0.4 is 15.2 Å². The maximum absolute atomic E-state index is 13.7. The minimum absolute atomic E-state index is 0.232. The summed E-state index contributed by atoms with van der Waals surface area (Å²) >= 11 is 6.75. The van der Waals surface area contributed by atoms with Gasteiger partial charge in [-0.3, -0.25) is 18.9 Å². The third kappa shape index (κ3) is 4.60. The van der Waals surface area contributed by atoms with E-state index < -0.39 is 5.79 Å². The van der Waals surface area contributed by atoms with Crippen LogP contribution in [0.5, 0.6) is 5.75 Å². The molecule has 0 N–H and O–H groups in total. The van der Waals surface area contributed by atoms with Crippen molar-refractivity contribution >= 4 is 51.7 Å². The molecule has 0 radical (unpaired) electrons. The molecule has 3 aliphatic heterocycles. The van der Waals surface area contributed by atoms with E-state index in [4.69, 9.17) is 31.4 Å². The molecule has 1 amide bonds. The zero-order valence-corrected chi connectivity index (χ0v) is 22.4. The molecule has 2 aromatic heterocycles. The first-order chi connectivity index (χ1) is 18.5. The Bertz CT molecular complexity index is 1490. The molecular formula is C27H26N4O5S2. The molecular weight excluding hydrogens is 524 g/mol. The Morgan fingerprint density at radius 2 is 1.84 bits per heavy atom. The number of fused-ring (bicyclic) bond motifs is 1. The van der Waals surface area contributed by atoms with Gasteiger partial charge in [-0.2, -0.15) is 0 Å². The summed E-state index contributed by atoms with van der Waals surface area (Å²) < 4.78 is 18.9. The summed E-state index contributed by atoms with van der Waals surface area (Å²) in [6, 6.07) is 12.9. The number of anilines is 1. The Labute approximate surface area is 229 Å². The highest BCUT2D eigenvalue weighted by atomic mass is 32.2. The topological polar surface area (TPSA) is 85.6 Å². The van der Waals surface area contributed by atoms with Crippen LogP contribution >= 0.6 is 24.0 Å². The van der Waals surface area contributed by atoms with Gasteiger partial charge in [-0.1, -0.05) is 42.2 Å². The number of benzene rings is 1. The van der Waals surface area contributed by atoms with Gasteiger partial charge in [0.05, 0.1) is 37.3 Å². The predicted octanol–water partition coefficient (Wildman–Crippen LogP) is 3.45. The smallest absolute Gasteiger partial charge is 0.267 e. The molecule has 3 saturated heterocycles. The van der Waals surface area contributed by atoms with E-state index in [0.29, 0.717) is 71.9 Å². The highest BCUT2D eigenvalue weighted by molar-refractivity contribution is 8.26. The van der Waals surface area contributed by atoms with Gasteiger partial charge in [0, 0.05) is 32.1 Å². The normalized spacial score (nSPS) is 20.3. The molecule has 9 nitrogen and oxygen atoms in total. The predicted molar refractivity (Wildman–Crippen MR) is 149 cm³/mol. The van der Waals surface area contributed by atoms with Crippen molar-refractivity contribution in [2.75, 3.05) is 38.3 Å². The quantitative estimate of drug-likeness (QED) is 0.350. The van der Waals surface area contributed by atoms with Crippen LogP contribution in [0.4, 0.5) is 5.82 Å². The summed E-state index contributed by atoms with van der Waals surface area (Å²) in [5, 5.41) is 0. The molecule has 1 spiro atoms. The lowest BCUT2D eigenvalue weighted by molar-refractivity contribution is -0.169. The summed E-state index contributed by atoms with van der Waals surface area (Å²) in [6.45, 7) is 2.77. The summed E-state index contributed by atoms with van der Waals surface area (Å²) in [4.78, 5) is 36.0. The fraction of sp³-hybridized carbons (Fsp3) is 0.333. The summed E-state index contributed by atoms with van der Waals surface area (Å²) in [5.41, 5.74) is 1.60. The van der Waals surface area contributed by atoms with E-state index in [1.165, 1.54) is 16.2 Å². The maximum atomic E-state index is 13.7. The van der Waals surface area contributed by atoms with E-state index in [1.807, 2.05) is 30.3 Å². The van der Waals surface area contributed by atoms with E-state index in [0.717, 1.165) is 11.3 Å². The van der Waals surface area contributed by atoms with Gasteiger partial charge < -0.3 is 19.1 Å². The molecule has 11 heteroatoms. The highest BCUT2D eigenvalue weighted by Crippen LogP contribution is 2.36. The maximum Gasteiger partial charge on any atom is 0.267 e. The van der Waals surface area contributed by atoms with Crippen molar-refractivity contribution in [2.24, 2.45) is 0 Å². The Morgan fingerprint density at radius 1 is 1.11 bits per heavy atom. The molecule has 0 unspecified atom stereocenters. The number of nitrogens with zero attached hydrogens (tertiary/aromatic N) is 4. The van der Waals surface area contributed by atoms with Gasteiger partial charge in [-0.05, 0) is 35.9 Å². The number of amides is 1. The summed E-state index contributed by atoms with van der Waals surface area (Å²) in [7, 11) is 1.61. The first-order valence-electron chi connectivity index (χ1n) is 12.4. The molecule has 3 aliphatic rings. The standard InChI is InChI=1S/C27H26N4O5S2/c1-34-19-7-5-18(6-8-19)17-31-25(33)21(38-26(31)37)16-20-23(28-22-4-2-3-11-30(22)24(20)32)29-12-9-27(10-13-29)35-14-15-36-27/h2-8,11,16H,9-10,12-15,17H2,1H3. The lowest BCUT2D eigenvalue weighted by Gasteiger charge is -2.38. The molecule has 1 aromatic carbocycles. The molecule has 0 saturated carbocycles. The van der Waals surface area contributed by atoms with Gasteiger partial charge in [-0.15, -0.1) is 0 Å². The highest BCUT2D eigenvalue weighted by Gasteiger charge is 2.41. The summed E-state index contributed by atoms with van der Waals surface area (Å²) in [6.07, 6.45) is 4.68. The number of rotatable bonds is 5. The molecule has 38 heavy (non-hydrogen) atoms. The first-order valence-corrected chi connectivity index (χ1v) is 13.6. The van der Waals surface area contributed by atoms with Crippen LogP contribution in [0.15, 0.2) is 58.4 Å². The van der Waals surface area contributed by atoms with Crippen molar-refractivity contribution in [1.29, 1.82) is 0 Å². The van der Waals surface area contributed by atoms with Crippen LogP contribution in [0.25, 0.3) is 11.7 Å². The molecule has 3 aromatic rings. The molecule has 5 heterocycles. The lowest BCUT2D eigenvalue weighted by atomic mass is 10.0. The van der Waals surface area contributed by atoms with Crippen LogP contribution in [0.3, 0.4) is 0 Å². The van der Waals surface area contributed by atoms with Crippen LogP contribution in [-0.4, -0.2) is 63.7 Å². The van der Waals surface area contributed by atoms with Crippen LogP contribution in [-0.2, 0) is 20.8 Å². The zero-order valence-electron chi connectivity index (χ0n) is 20.8. The van der Waals surface area contributed by atoms with Crippen LogP contribution in [0.1, 0.15) is 24.0 Å². The van der Waals surface area contributed by atoms with Gasteiger partial charge in [0.2, 0.25) is 0 Å². The first kappa shape index (κ1) is 25.1. The minimum atomic E-state index is -0.549. The Balaban J connectivity index is 1.33. The number of hydrogen-bond acceptors (Lipinski definition) is 9. The van der Waals surface area contributed by atoms with Gasteiger partial charge in [0.25, 0.3) is 11.5 Å². The third-order valence-corrected chi connectivity index (χ3v) is 8.41. The van der Waals surface area contributed by atoms with Crippen LogP contribution in [0.2, 0.25) is 0 Å². The number of carbonyl (C=O) groups is 1. The van der Waals surface area contributed by atoms with Crippen molar-refractivity contribution in [2.45, 2.75) is 25.2 Å². The second-order valence-corrected chi connectivity index (χ2v) is 11.0. The van der Waals surface area contributed by atoms with E-state index in [9.17, 15) is 9.59 Å². The van der Waals surface area contributed by atoms with Crippen molar-refractivity contribution in [3.63, 3.8) is 0 Å². The van der Waals surface area contributed by atoms with Gasteiger partial charge in [0.1, 0.15) is 21.5 Å². The van der Waals surface area contributed by atoms with Crippen molar-refractivity contribution in [1.82, 2.24) is 14.3 Å². The molecule has 0 atom stereocenters. The second kappa shape index (κ2) is 10.1. The number of thiocarbonyl (C=S) groups is 1. The van der Waals surface area contributed by atoms with Crippen molar-refractivity contribution in [3.8, 4) is 5.75 Å². The summed E-state index contributed by atoms with van der Waals surface area (Å²) in [5.74, 6) is 0.511. The van der Waals surface area contributed by atoms with Gasteiger partial charge in [0.15, 0.2) is 5.79 Å². The number of ether oxygens (including phenoxy) is 3. The number of piperidine rings is 1. The van der Waals surface area contributed by atoms with E-state index in [-0.39, 0.29) is 11.5 Å². The minimum Gasteiger partial charge on any atom is -0.497 e. The molecule has 0 bridgehead atoms. The average molecular weight is 551 g/mol. The number of methoxy groups -OCH3 is 1. The number of carbonyl (C=O) groups excluding carboxylic acids is 1. The van der Waals surface area contributed by atoms with E-state index in [2.05, 4.69) is 4.90 Å². The number of hydrogen-bond donors (Lipinski definition) is 0. The van der Waals surface area contributed by atoms with Gasteiger partial charge in [-0.25, -0.2) is 4.98 Å². The van der Waals surface area contributed by atoms with E-state index >= 15 is 0 Å². The molecule has 6 rings (SSSR count). The fourth-order valence-corrected chi connectivity index (χ4v) is 6.22. The van der Waals surface area contributed by atoms with Crippen LogP contribution in [0, 0.1) is 0 Å². The monoisotopic (exact) mass is 550 g/mol. The van der Waals surface area contributed by atoms with E-state index in [1.54, 1.807) is 36.4 Å². The van der Waals surface area contributed by atoms with Crippen molar-refractivity contribution in [3.05, 3.63) is 75.0 Å². The zero-order chi connectivity index (χ0) is 26.3. The van der Waals surface area contributed by atoms with Crippen molar-refractivity contribution < 1.29 is 19.0 Å².